The van der Waals surface area contributed by atoms with E-state index in [0.29, 0.717) is 18.3 Å². The zero-order chi connectivity index (χ0) is 20.5. The molecule has 2 aliphatic rings. The Hall–Kier alpha value is -2.65. The van der Waals surface area contributed by atoms with Gasteiger partial charge in [-0.2, -0.15) is 0 Å². The minimum atomic E-state index is 0.0557. The van der Waals surface area contributed by atoms with Crippen LogP contribution >= 0.6 is 11.3 Å². The van der Waals surface area contributed by atoms with Gasteiger partial charge in [-0.15, -0.1) is 16.4 Å². The number of aromatic nitrogens is 5. The fourth-order valence-electron chi connectivity index (χ4n) is 4.80. The van der Waals surface area contributed by atoms with Gasteiger partial charge in [0.1, 0.15) is 12.0 Å². The van der Waals surface area contributed by atoms with Gasteiger partial charge in [0, 0.05) is 43.0 Å². The summed E-state index contributed by atoms with van der Waals surface area (Å²) in [7, 11) is 1.76. The summed E-state index contributed by atoms with van der Waals surface area (Å²) in [5.74, 6) is 1.16. The van der Waals surface area contributed by atoms with Crippen LogP contribution in [0.5, 0.6) is 0 Å². The van der Waals surface area contributed by atoms with E-state index in [4.69, 9.17) is 4.74 Å². The molecule has 4 heterocycles. The molecule has 0 spiro atoms. The third-order valence-corrected chi connectivity index (χ3v) is 7.23. The number of nitrogens with zero attached hydrogens (tertiary/aromatic N) is 6. The number of methoxy groups -OCH3 is 1. The fraction of sp³-hybridized carbons (Fsp3) is 0.476. The van der Waals surface area contributed by atoms with Gasteiger partial charge in [-0.05, 0) is 36.1 Å². The van der Waals surface area contributed by atoms with E-state index in [0.717, 1.165) is 42.1 Å². The van der Waals surface area contributed by atoms with Crippen molar-refractivity contribution in [3.8, 4) is 11.3 Å². The van der Waals surface area contributed by atoms with Crippen LogP contribution in [0.1, 0.15) is 23.8 Å². The number of carbonyl (C=O) groups excluding carboxylic acids is 1. The van der Waals surface area contributed by atoms with Crippen LogP contribution in [0.25, 0.3) is 11.3 Å². The summed E-state index contributed by atoms with van der Waals surface area (Å²) in [5, 5.41) is 10.7. The quantitative estimate of drug-likeness (QED) is 0.625. The van der Waals surface area contributed by atoms with Gasteiger partial charge in [-0.1, -0.05) is 11.3 Å². The number of amides is 1. The number of likely N-dealkylation sites (tertiary alicyclic amines) is 1. The van der Waals surface area contributed by atoms with Crippen LogP contribution in [-0.2, 0) is 16.0 Å². The Morgan fingerprint density at radius 2 is 2.03 bits per heavy atom. The van der Waals surface area contributed by atoms with Crippen molar-refractivity contribution in [2.75, 3.05) is 20.2 Å². The van der Waals surface area contributed by atoms with E-state index in [2.05, 4.69) is 20.3 Å². The molecule has 1 aliphatic carbocycles. The molecule has 3 aromatic heterocycles. The zero-order valence-corrected chi connectivity index (χ0v) is 17.6. The van der Waals surface area contributed by atoms with Crippen LogP contribution in [0.15, 0.2) is 42.4 Å². The molecule has 9 heteroatoms. The van der Waals surface area contributed by atoms with Crippen molar-refractivity contribution in [1.82, 2.24) is 29.9 Å². The monoisotopic (exact) mass is 424 g/mol. The number of hydrogen-bond donors (Lipinski definition) is 0. The maximum atomic E-state index is 12.8. The average Bonchev–Trinajstić information content (AvgIpc) is 3.53. The van der Waals surface area contributed by atoms with E-state index in [-0.39, 0.29) is 18.1 Å². The van der Waals surface area contributed by atoms with Crippen LogP contribution < -0.4 is 0 Å². The van der Waals surface area contributed by atoms with Crippen molar-refractivity contribution in [2.45, 2.75) is 31.4 Å². The molecule has 0 N–H and O–H groups in total. The number of carbonyl (C=O) groups is 1. The van der Waals surface area contributed by atoms with E-state index in [1.165, 1.54) is 6.33 Å². The molecule has 1 saturated carbocycles. The van der Waals surface area contributed by atoms with Crippen molar-refractivity contribution in [1.29, 1.82) is 0 Å². The number of thiophene rings is 1. The van der Waals surface area contributed by atoms with Crippen LogP contribution in [0.3, 0.4) is 0 Å². The van der Waals surface area contributed by atoms with Crippen LogP contribution in [-0.4, -0.2) is 62.1 Å². The minimum Gasteiger partial charge on any atom is -0.379 e. The maximum Gasteiger partial charge on any atom is 0.227 e. The van der Waals surface area contributed by atoms with Crippen LogP contribution in [0, 0.1) is 11.8 Å². The number of ether oxygens (including phenoxy) is 1. The van der Waals surface area contributed by atoms with Crippen molar-refractivity contribution in [3.05, 3.63) is 47.3 Å². The second kappa shape index (κ2) is 8.23. The largest absolute Gasteiger partial charge is 0.379 e. The van der Waals surface area contributed by atoms with Gasteiger partial charge in [0.2, 0.25) is 5.91 Å². The van der Waals surface area contributed by atoms with Gasteiger partial charge >= 0.3 is 0 Å². The predicted octanol–water partition coefficient (Wildman–Crippen LogP) is 2.46. The lowest BCUT2D eigenvalue weighted by Gasteiger charge is -2.36. The van der Waals surface area contributed by atoms with E-state index in [1.807, 2.05) is 33.3 Å². The lowest BCUT2D eigenvalue weighted by Crippen LogP contribution is -2.37. The number of fused-ring (bicyclic) bond motifs is 1. The zero-order valence-electron chi connectivity index (χ0n) is 16.8. The Labute approximate surface area is 178 Å². The second-order valence-electron chi connectivity index (χ2n) is 8.10. The summed E-state index contributed by atoms with van der Waals surface area (Å²) < 4.78 is 7.77. The van der Waals surface area contributed by atoms with E-state index < -0.39 is 0 Å². The molecule has 0 unspecified atom stereocenters. The van der Waals surface area contributed by atoms with Crippen LogP contribution in [0.2, 0.25) is 0 Å². The van der Waals surface area contributed by atoms with Gasteiger partial charge < -0.3 is 9.64 Å². The van der Waals surface area contributed by atoms with Gasteiger partial charge in [0.25, 0.3) is 0 Å². The predicted molar refractivity (Wildman–Crippen MR) is 112 cm³/mol. The molecular weight excluding hydrogens is 400 g/mol. The summed E-state index contributed by atoms with van der Waals surface area (Å²) in [6, 6.07) is 4.14. The fourth-order valence-corrected chi connectivity index (χ4v) is 5.50. The first kappa shape index (κ1) is 19.3. The Bertz CT molecular complexity index is 992. The Morgan fingerprint density at radius 1 is 1.23 bits per heavy atom. The maximum absolute atomic E-state index is 12.8. The van der Waals surface area contributed by atoms with Crippen molar-refractivity contribution in [2.24, 2.45) is 11.8 Å². The molecule has 0 bridgehead atoms. The van der Waals surface area contributed by atoms with Crippen molar-refractivity contribution < 1.29 is 9.53 Å². The summed E-state index contributed by atoms with van der Waals surface area (Å²) >= 11 is 1.64. The molecular formula is C21H24N6O2S. The molecule has 8 nitrogen and oxygen atoms in total. The molecule has 1 amide bonds. The first-order valence-corrected chi connectivity index (χ1v) is 11.1. The molecule has 1 saturated heterocycles. The molecule has 30 heavy (non-hydrogen) atoms. The lowest BCUT2D eigenvalue weighted by molar-refractivity contribution is -0.129. The van der Waals surface area contributed by atoms with Gasteiger partial charge in [0.15, 0.2) is 0 Å². The summed E-state index contributed by atoms with van der Waals surface area (Å²) in [6.45, 7) is 1.64. The molecule has 2 fully saturated rings. The Balaban J connectivity index is 1.29. The molecule has 0 radical (unpaired) electrons. The SMILES string of the molecule is CO[C@@H]1C[C@H]2CN(C(=O)Cc3cccs3)C[C@H]2C[C@H]1n1cc(-c2cncnc2)nn1. The van der Waals surface area contributed by atoms with Crippen molar-refractivity contribution in [3.63, 3.8) is 0 Å². The molecule has 3 aromatic rings. The summed E-state index contributed by atoms with van der Waals surface area (Å²) in [6.07, 6.45) is 9.34. The van der Waals surface area contributed by atoms with E-state index >= 15 is 0 Å². The third kappa shape index (κ3) is 3.75. The van der Waals surface area contributed by atoms with Crippen LogP contribution in [0.4, 0.5) is 0 Å². The smallest absolute Gasteiger partial charge is 0.227 e. The average molecular weight is 425 g/mol. The topological polar surface area (TPSA) is 86.0 Å². The number of rotatable bonds is 5. The second-order valence-corrected chi connectivity index (χ2v) is 9.13. The summed E-state index contributed by atoms with van der Waals surface area (Å²) in [4.78, 5) is 24.1. The van der Waals surface area contributed by atoms with Gasteiger partial charge in [-0.3, -0.25) is 4.79 Å². The third-order valence-electron chi connectivity index (χ3n) is 6.35. The highest BCUT2D eigenvalue weighted by Gasteiger charge is 2.44. The Morgan fingerprint density at radius 3 is 2.77 bits per heavy atom. The van der Waals surface area contributed by atoms with E-state index in [9.17, 15) is 4.79 Å². The molecule has 1 aliphatic heterocycles. The molecule has 156 valence electrons. The highest BCUT2D eigenvalue weighted by Crippen LogP contribution is 2.42. The normalized spacial score (nSPS) is 26.0. The summed E-state index contributed by atoms with van der Waals surface area (Å²) in [5.41, 5.74) is 1.60. The molecule has 5 rings (SSSR count). The minimum absolute atomic E-state index is 0.0557. The first-order chi connectivity index (χ1) is 14.7. The molecule has 0 aromatic carbocycles. The number of hydrogen-bond acceptors (Lipinski definition) is 7. The van der Waals surface area contributed by atoms with E-state index in [1.54, 1.807) is 30.8 Å². The Kier molecular flexibility index (Phi) is 5.30. The van der Waals surface area contributed by atoms with Gasteiger partial charge in [-0.25, -0.2) is 14.6 Å². The lowest BCUT2D eigenvalue weighted by atomic mass is 9.77. The molecule has 4 atom stereocenters. The van der Waals surface area contributed by atoms with Crippen molar-refractivity contribution >= 4 is 17.2 Å². The first-order valence-electron chi connectivity index (χ1n) is 10.2. The highest BCUT2D eigenvalue weighted by molar-refractivity contribution is 7.10. The standard InChI is InChI=1S/C21H24N6O2S/c1-29-20-6-15-11-26(21(28)7-17-3-2-4-30-17)10-14(15)5-19(20)27-12-18(24-25-27)16-8-22-13-23-9-16/h2-4,8-9,12-15,19-20H,5-7,10-11H2,1H3/t14-,15+,19-,20-/m1/s1. The highest BCUT2D eigenvalue weighted by atomic mass is 32.1. The van der Waals surface area contributed by atoms with Gasteiger partial charge in [0.05, 0.1) is 24.8 Å².